The molecule has 0 rings (SSSR count). The Kier molecular flexibility index (Phi) is 30.4. The molecule has 0 saturated carbocycles. The van der Waals surface area contributed by atoms with Gasteiger partial charge in [0.2, 0.25) is 0 Å². The molecule has 0 bridgehead atoms. The van der Waals surface area contributed by atoms with Crippen molar-refractivity contribution in [1.82, 2.24) is 0 Å². The minimum Gasteiger partial charge on any atom is -0.550 e. The number of hydrogen-bond acceptors (Lipinski definition) is 10. The quantitative estimate of drug-likeness (QED) is 0.236. The second kappa shape index (κ2) is 20.3. The van der Waals surface area contributed by atoms with Gasteiger partial charge in [0.1, 0.15) is 12.2 Å². The predicted molar refractivity (Wildman–Crippen MR) is 60.0 cm³/mol. The van der Waals surface area contributed by atoms with Crippen molar-refractivity contribution in [2.75, 3.05) is 26.4 Å². The number of ether oxygens (including phenoxy) is 1. The molecule has 0 fully saturated rings. The zero-order chi connectivity index (χ0) is 16.2. The first-order valence-electron chi connectivity index (χ1n) is 5.35. The number of carbonyl (C=O) groups is 3. The molecule has 0 amide bonds. The average molecular weight is 360 g/mol. The number of carboxylic acid groups (broad SMARTS) is 2. The molecular formula is C10H18Na2O11. The summed E-state index contributed by atoms with van der Waals surface area (Å²) in [5.74, 6) is -5.12. The molecule has 13 heteroatoms. The van der Waals surface area contributed by atoms with E-state index in [2.05, 4.69) is 4.74 Å². The maximum atomic E-state index is 10.9. The number of aliphatic hydroxyl groups is 4. The summed E-state index contributed by atoms with van der Waals surface area (Å²) in [4.78, 5) is 31.5. The van der Waals surface area contributed by atoms with E-state index in [9.17, 15) is 29.7 Å². The van der Waals surface area contributed by atoms with E-state index in [1.54, 1.807) is 0 Å². The first kappa shape index (κ1) is 34.5. The molecule has 0 heterocycles. The van der Waals surface area contributed by atoms with Gasteiger partial charge in [-0.15, -0.1) is 0 Å². The van der Waals surface area contributed by atoms with Gasteiger partial charge in [0, 0.05) is 12.4 Å². The molecule has 0 aliphatic heterocycles. The number of carboxylic acids is 2. The van der Waals surface area contributed by atoms with Gasteiger partial charge >= 0.3 is 65.1 Å². The molecule has 0 spiro atoms. The van der Waals surface area contributed by atoms with Crippen molar-refractivity contribution in [1.29, 1.82) is 0 Å². The summed E-state index contributed by atoms with van der Waals surface area (Å²) in [6.45, 7) is -1.11. The Balaban J connectivity index is -0.000000138. The van der Waals surface area contributed by atoms with Crippen LogP contribution in [0.2, 0.25) is 0 Å². The maximum Gasteiger partial charge on any atom is 1.00 e. The molecule has 0 aliphatic carbocycles. The van der Waals surface area contributed by atoms with Crippen molar-refractivity contribution in [3.05, 3.63) is 0 Å². The largest absolute Gasteiger partial charge is 1.00 e. The SMILES string of the molecule is O.O=C([O-])CC(O)(CC(=O)OCCO)C(=O)[O-].OCCO.[Na+].[Na+]. The van der Waals surface area contributed by atoms with Gasteiger partial charge in [0.25, 0.3) is 0 Å². The fraction of sp³-hybridized carbons (Fsp3) is 0.700. The predicted octanol–water partition coefficient (Wildman–Crippen LogP) is -12.3. The zero-order valence-corrected chi connectivity index (χ0v) is 17.0. The number of aliphatic carboxylic acids is 2. The first-order chi connectivity index (χ1) is 9.23. The van der Waals surface area contributed by atoms with Crippen LogP contribution < -0.4 is 69.3 Å². The normalized spacial score (nSPS) is 11.0. The summed E-state index contributed by atoms with van der Waals surface area (Å²) in [5, 5.41) is 53.4. The van der Waals surface area contributed by atoms with Crippen LogP contribution in [-0.4, -0.2) is 75.8 Å². The molecule has 1 unspecified atom stereocenters. The Morgan fingerprint density at radius 1 is 0.913 bits per heavy atom. The van der Waals surface area contributed by atoms with Crippen molar-refractivity contribution < 1.29 is 114 Å². The van der Waals surface area contributed by atoms with Crippen LogP contribution in [0.15, 0.2) is 0 Å². The summed E-state index contributed by atoms with van der Waals surface area (Å²) in [6, 6.07) is 0. The van der Waals surface area contributed by atoms with Gasteiger partial charge in [-0.05, 0) is 0 Å². The molecule has 0 aliphatic rings. The van der Waals surface area contributed by atoms with Gasteiger partial charge in [0.15, 0.2) is 0 Å². The number of aliphatic hydroxyl groups excluding tert-OH is 3. The summed E-state index contributed by atoms with van der Waals surface area (Å²) >= 11 is 0. The number of carbonyl (C=O) groups excluding carboxylic acids is 3. The number of hydrogen-bond donors (Lipinski definition) is 4. The molecule has 0 radical (unpaired) electrons. The summed E-state index contributed by atoms with van der Waals surface area (Å²) in [5.41, 5.74) is -2.87. The molecule has 11 nitrogen and oxygen atoms in total. The molecule has 0 aromatic carbocycles. The second-order valence-electron chi connectivity index (χ2n) is 3.44. The Bertz CT molecular complexity index is 324. The Labute approximate surface area is 176 Å². The second-order valence-corrected chi connectivity index (χ2v) is 3.44. The van der Waals surface area contributed by atoms with Crippen LogP contribution in [0.4, 0.5) is 0 Å². The molecule has 1 atom stereocenters. The van der Waals surface area contributed by atoms with Crippen molar-refractivity contribution in [2.24, 2.45) is 0 Å². The topological polar surface area (TPSA) is 219 Å². The van der Waals surface area contributed by atoms with Crippen LogP contribution in [0.3, 0.4) is 0 Å². The molecular weight excluding hydrogens is 342 g/mol. The average Bonchev–Trinajstić information content (AvgIpc) is 2.35. The van der Waals surface area contributed by atoms with E-state index < -0.39 is 43.0 Å². The smallest absolute Gasteiger partial charge is 0.550 e. The van der Waals surface area contributed by atoms with E-state index in [0.29, 0.717) is 0 Å². The van der Waals surface area contributed by atoms with Crippen LogP contribution in [0, 0.1) is 0 Å². The minimum atomic E-state index is -2.87. The van der Waals surface area contributed by atoms with E-state index in [-0.39, 0.29) is 84.4 Å². The maximum absolute atomic E-state index is 10.9. The fourth-order valence-electron chi connectivity index (χ4n) is 0.895. The van der Waals surface area contributed by atoms with Crippen LogP contribution in [0.25, 0.3) is 0 Å². The van der Waals surface area contributed by atoms with Crippen molar-refractivity contribution >= 4 is 17.9 Å². The Morgan fingerprint density at radius 3 is 1.61 bits per heavy atom. The van der Waals surface area contributed by atoms with Crippen molar-refractivity contribution in [2.45, 2.75) is 18.4 Å². The zero-order valence-electron chi connectivity index (χ0n) is 13.0. The summed E-state index contributed by atoms with van der Waals surface area (Å²) in [6.07, 6.45) is -2.38. The molecule has 0 saturated heterocycles. The van der Waals surface area contributed by atoms with Crippen LogP contribution in [0.5, 0.6) is 0 Å². The minimum absolute atomic E-state index is 0. The standard InChI is InChI=1S/C8H12O8.C2H6O2.2Na.H2O/c9-1-2-16-6(12)4-8(15,7(13)14)3-5(10)11;3-1-2-4;;;/h9,15H,1-4H2,(H,10,11)(H,13,14);3-4H,1-2H2;;;1H2/q;;2*+1;/p-2. The summed E-state index contributed by atoms with van der Waals surface area (Å²) < 4.78 is 4.27. The van der Waals surface area contributed by atoms with Crippen molar-refractivity contribution in [3.8, 4) is 0 Å². The van der Waals surface area contributed by atoms with E-state index in [1.165, 1.54) is 0 Å². The summed E-state index contributed by atoms with van der Waals surface area (Å²) in [7, 11) is 0. The molecule has 0 aromatic heterocycles. The third kappa shape index (κ3) is 20.2. The Morgan fingerprint density at radius 2 is 1.35 bits per heavy atom. The third-order valence-corrected chi connectivity index (χ3v) is 1.71. The first-order valence-corrected chi connectivity index (χ1v) is 5.35. The van der Waals surface area contributed by atoms with E-state index in [0.717, 1.165) is 0 Å². The van der Waals surface area contributed by atoms with Gasteiger partial charge in [0.05, 0.1) is 32.2 Å². The Hall–Kier alpha value is 0.210. The van der Waals surface area contributed by atoms with E-state index in [1.807, 2.05) is 0 Å². The van der Waals surface area contributed by atoms with E-state index >= 15 is 0 Å². The van der Waals surface area contributed by atoms with Gasteiger partial charge in [-0.25, -0.2) is 0 Å². The van der Waals surface area contributed by atoms with E-state index in [4.69, 9.17) is 15.3 Å². The number of rotatable bonds is 8. The van der Waals surface area contributed by atoms with Gasteiger partial charge in [-0.2, -0.15) is 0 Å². The third-order valence-electron chi connectivity index (χ3n) is 1.71. The molecule has 23 heavy (non-hydrogen) atoms. The monoisotopic (exact) mass is 360 g/mol. The fourth-order valence-corrected chi connectivity index (χ4v) is 0.895. The molecule has 126 valence electrons. The molecule has 0 aromatic rings. The van der Waals surface area contributed by atoms with Gasteiger partial charge in [-0.3, -0.25) is 4.79 Å². The van der Waals surface area contributed by atoms with Crippen LogP contribution in [0.1, 0.15) is 12.8 Å². The van der Waals surface area contributed by atoms with Crippen LogP contribution >= 0.6 is 0 Å². The van der Waals surface area contributed by atoms with Crippen molar-refractivity contribution in [3.63, 3.8) is 0 Å². The van der Waals surface area contributed by atoms with Crippen LogP contribution in [-0.2, 0) is 19.1 Å². The molecule has 6 N–H and O–H groups in total. The van der Waals surface area contributed by atoms with Gasteiger partial charge < -0.3 is 50.4 Å². The van der Waals surface area contributed by atoms with Gasteiger partial charge in [-0.1, -0.05) is 0 Å². The number of esters is 1.